The van der Waals surface area contributed by atoms with Crippen molar-refractivity contribution in [2.75, 3.05) is 20.2 Å². The van der Waals surface area contributed by atoms with E-state index in [1.54, 1.807) is 18.2 Å². The van der Waals surface area contributed by atoms with E-state index in [1.165, 1.54) is 13.1 Å². The second-order valence-corrected chi connectivity index (χ2v) is 6.48. The molecule has 0 saturated carbocycles. The number of amidine groups is 1. The highest BCUT2D eigenvalue weighted by Gasteiger charge is 2.42. The number of benzene rings is 2. The van der Waals surface area contributed by atoms with Crippen LogP contribution in [0.5, 0.6) is 11.5 Å². The molecule has 0 spiro atoms. The van der Waals surface area contributed by atoms with Gasteiger partial charge in [-0.15, -0.1) is 0 Å². The van der Waals surface area contributed by atoms with Crippen molar-refractivity contribution in [1.82, 2.24) is 4.90 Å². The molecule has 0 saturated heterocycles. The number of primary amides is 1. The number of rotatable bonds is 8. The third-order valence-electron chi connectivity index (χ3n) is 4.12. The SMILES string of the molecule is CN(CCOc1cccc(C(=N)N)c1)C(=O)c1ccc(C(N)=O)cc1OC(=O)C(F)(F)F. The van der Waals surface area contributed by atoms with Crippen LogP contribution in [0, 0.1) is 5.41 Å². The molecule has 0 heterocycles. The number of halogens is 3. The predicted octanol–water partition coefficient (Wildman–Crippen LogP) is 1.69. The quantitative estimate of drug-likeness (QED) is 0.240. The van der Waals surface area contributed by atoms with Crippen LogP contribution in [-0.4, -0.2) is 54.9 Å². The van der Waals surface area contributed by atoms with Crippen molar-refractivity contribution in [3.05, 3.63) is 59.2 Å². The van der Waals surface area contributed by atoms with Gasteiger partial charge in [0.1, 0.15) is 23.9 Å². The molecule has 0 atom stereocenters. The Balaban J connectivity index is 2.14. The lowest BCUT2D eigenvalue weighted by atomic mass is 10.1. The van der Waals surface area contributed by atoms with Crippen molar-refractivity contribution in [2.45, 2.75) is 6.18 Å². The van der Waals surface area contributed by atoms with Gasteiger partial charge in [0.05, 0.1) is 12.1 Å². The van der Waals surface area contributed by atoms with Crippen LogP contribution in [-0.2, 0) is 4.79 Å². The summed E-state index contributed by atoms with van der Waals surface area (Å²) < 4.78 is 47.6. The maximum Gasteiger partial charge on any atom is 0.491 e. The van der Waals surface area contributed by atoms with E-state index >= 15 is 0 Å². The van der Waals surface area contributed by atoms with Gasteiger partial charge in [0.15, 0.2) is 0 Å². The fraction of sp³-hybridized carbons (Fsp3) is 0.200. The zero-order valence-corrected chi connectivity index (χ0v) is 16.7. The van der Waals surface area contributed by atoms with Crippen molar-refractivity contribution in [3.63, 3.8) is 0 Å². The minimum Gasteiger partial charge on any atom is -0.492 e. The highest BCUT2D eigenvalue weighted by Crippen LogP contribution is 2.26. The molecule has 9 nitrogen and oxygen atoms in total. The molecular weight excluding hydrogens is 433 g/mol. The fourth-order valence-corrected chi connectivity index (χ4v) is 2.46. The first-order chi connectivity index (χ1) is 14.9. The number of hydrogen-bond acceptors (Lipinski definition) is 6. The minimum absolute atomic E-state index is 0.000635. The van der Waals surface area contributed by atoms with Gasteiger partial charge in [0.2, 0.25) is 5.91 Å². The van der Waals surface area contributed by atoms with Crippen LogP contribution in [0.4, 0.5) is 13.2 Å². The van der Waals surface area contributed by atoms with E-state index < -0.39 is 29.7 Å². The molecule has 2 amide bonds. The highest BCUT2D eigenvalue weighted by atomic mass is 19.4. The van der Waals surface area contributed by atoms with Gasteiger partial charge < -0.3 is 25.8 Å². The summed E-state index contributed by atoms with van der Waals surface area (Å²) in [6.45, 7) is 0.00794. The molecule has 2 aromatic rings. The molecule has 0 aliphatic rings. The number of esters is 1. The third-order valence-corrected chi connectivity index (χ3v) is 4.12. The lowest BCUT2D eigenvalue weighted by molar-refractivity contribution is -0.189. The number of alkyl halides is 3. The standard InChI is InChI=1S/C20H19F3N4O5/c1-27(7-8-31-13-4-2-3-11(9-13)16(24)25)18(29)14-6-5-12(17(26)28)10-15(14)32-19(30)20(21,22)23/h2-6,9-10H,7-8H2,1H3,(H3,24,25)(H2,26,28). The predicted molar refractivity (Wildman–Crippen MR) is 107 cm³/mol. The molecule has 0 bridgehead atoms. The van der Waals surface area contributed by atoms with Gasteiger partial charge >= 0.3 is 12.1 Å². The molecule has 12 heteroatoms. The molecule has 0 unspecified atom stereocenters. The molecule has 0 fully saturated rings. The van der Waals surface area contributed by atoms with E-state index in [2.05, 4.69) is 4.74 Å². The monoisotopic (exact) mass is 452 g/mol. The van der Waals surface area contributed by atoms with E-state index in [-0.39, 0.29) is 30.1 Å². The number of hydrogen-bond donors (Lipinski definition) is 3. The van der Waals surface area contributed by atoms with Crippen LogP contribution < -0.4 is 20.9 Å². The first kappa shape index (κ1) is 24.2. The second-order valence-electron chi connectivity index (χ2n) is 6.48. The second kappa shape index (κ2) is 9.81. The maximum atomic E-state index is 12.7. The number of ether oxygens (including phenoxy) is 2. The Hall–Kier alpha value is -4.09. The number of nitrogens with two attached hydrogens (primary N) is 2. The van der Waals surface area contributed by atoms with E-state index in [0.717, 1.165) is 23.1 Å². The van der Waals surface area contributed by atoms with Gasteiger partial charge in [-0.25, -0.2) is 4.79 Å². The summed E-state index contributed by atoms with van der Waals surface area (Å²) >= 11 is 0. The number of likely N-dealkylation sites (N-methyl/N-ethyl adjacent to an activating group) is 1. The Labute approximate surface area is 180 Å². The van der Waals surface area contributed by atoms with Gasteiger partial charge in [0, 0.05) is 18.2 Å². The topological polar surface area (TPSA) is 149 Å². The van der Waals surface area contributed by atoms with Crippen molar-refractivity contribution < 1.29 is 37.0 Å². The molecule has 32 heavy (non-hydrogen) atoms. The van der Waals surface area contributed by atoms with E-state index in [4.69, 9.17) is 21.6 Å². The molecular formula is C20H19F3N4O5. The third kappa shape index (κ3) is 6.20. The summed E-state index contributed by atoms with van der Waals surface area (Å²) in [6.07, 6.45) is -5.31. The van der Waals surface area contributed by atoms with Crippen LogP contribution in [0.2, 0.25) is 0 Å². The first-order valence-electron chi connectivity index (χ1n) is 8.95. The Morgan fingerprint density at radius 3 is 2.34 bits per heavy atom. The van der Waals surface area contributed by atoms with Gasteiger partial charge in [0.25, 0.3) is 5.91 Å². The Morgan fingerprint density at radius 1 is 1.06 bits per heavy atom. The maximum absolute atomic E-state index is 12.7. The van der Waals surface area contributed by atoms with Gasteiger partial charge in [-0.1, -0.05) is 12.1 Å². The molecule has 0 radical (unpaired) electrons. The number of carbonyl (C=O) groups is 3. The molecule has 2 aromatic carbocycles. The lowest BCUT2D eigenvalue weighted by Gasteiger charge is -2.19. The minimum atomic E-state index is -5.31. The number of nitrogens with zero attached hydrogens (tertiary/aromatic N) is 1. The number of nitrogen functional groups attached to an aromatic ring is 1. The lowest BCUT2D eigenvalue weighted by Crippen LogP contribution is -2.33. The molecule has 5 N–H and O–H groups in total. The van der Waals surface area contributed by atoms with Gasteiger partial charge in [-0.05, 0) is 30.3 Å². The molecule has 0 aliphatic carbocycles. The zero-order valence-electron chi connectivity index (χ0n) is 16.7. The molecule has 170 valence electrons. The van der Waals surface area contributed by atoms with E-state index in [0.29, 0.717) is 11.3 Å². The van der Waals surface area contributed by atoms with Crippen molar-refractivity contribution in [3.8, 4) is 11.5 Å². The van der Waals surface area contributed by atoms with Gasteiger partial charge in [-0.3, -0.25) is 15.0 Å². The summed E-state index contributed by atoms with van der Waals surface area (Å²) in [5, 5.41) is 7.41. The highest BCUT2D eigenvalue weighted by molar-refractivity contribution is 6.00. The zero-order chi connectivity index (χ0) is 24.1. The van der Waals surface area contributed by atoms with E-state index in [9.17, 15) is 27.6 Å². The normalized spacial score (nSPS) is 10.9. The average molecular weight is 452 g/mol. The van der Waals surface area contributed by atoms with E-state index in [1.807, 2.05) is 0 Å². The Bertz CT molecular complexity index is 1060. The largest absolute Gasteiger partial charge is 0.492 e. The van der Waals surface area contributed by atoms with Crippen LogP contribution in [0.3, 0.4) is 0 Å². The summed E-state index contributed by atoms with van der Waals surface area (Å²) in [6, 6.07) is 9.34. The number of carbonyl (C=O) groups excluding carboxylic acids is 3. The summed E-state index contributed by atoms with van der Waals surface area (Å²) in [5.74, 6) is -4.83. The molecule has 2 rings (SSSR count). The molecule has 0 aromatic heterocycles. The van der Waals surface area contributed by atoms with Crippen molar-refractivity contribution in [1.29, 1.82) is 5.41 Å². The number of amides is 2. The smallest absolute Gasteiger partial charge is 0.491 e. The summed E-state index contributed by atoms with van der Waals surface area (Å²) in [5.41, 5.74) is 10.3. The Kier molecular flexibility index (Phi) is 7.41. The Morgan fingerprint density at radius 2 is 1.75 bits per heavy atom. The van der Waals surface area contributed by atoms with Gasteiger partial charge in [-0.2, -0.15) is 13.2 Å². The van der Waals surface area contributed by atoms with Crippen LogP contribution in [0.15, 0.2) is 42.5 Å². The summed E-state index contributed by atoms with van der Waals surface area (Å²) in [7, 11) is 1.36. The van der Waals surface area contributed by atoms with Crippen LogP contribution in [0.1, 0.15) is 26.3 Å². The fourth-order valence-electron chi connectivity index (χ4n) is 2.46. The average Bonchev–Trinajstić information content (AvgIpc) is 2.72. The van der Waals surface area contributed by atoms with Crippen molar-refractivity contribution in [2.24, 2.45) is 11.5 Å². The number of nitrogens with one attached hydrogen (secondary N) is 1. The van der Waals surface area contributed by atoms with Crippen LogP contribution >= 0.6 is 0 Å². The summed E-state index contributed by atoms with van der Waals surface area (Å²) in [4.78, 5) is 36.4. The van der Waals surface area contributed by atoms with Crippen molar-refractivity contribution >= 4 is 23.6 Å². The first-order valence-corrected chi connectivity index (χ1v) is 8.95. The molecule has 0 aliphatic heterocycles. The van der Waals surface area contributed by atoms with Crippen LogP contribution in [0.25, 0.3) is 0 Å².